The van der Waals surface area contributed by atoms with Crippen molar-refractivity contribution in [3.8, 4) is 0 Å². The molecular weight excluding hydrogens is 324 g/mol. The number of aromatic nitrogens is 2. The quantitative estimate of drug-likeness (QED) is 0.759. The van der Waals surface area contributed by atoms with Crippen molar-refractivity contribution in [1.82, 2.24) is 9.97 Å². The van der Waals surface area contributed by atoms with Gasteiger partial charge in [-0.1, -0.05) is 35.9 Å². The molecule has 0 bridgehead atoms. The number of hydrogen-bond acceptors (Lipinski definition) is 4. The Labute approximate surface area is 153 Å². The van der Waals surface area contributed by atoms with Crippen LogP contribution in [0.4, 0.5) is 17.2 Å². The van der Waals surface area contributed by atoms with Crippen molar-refractivity contribution >= 4 is 23.1 Å². The third kappa shape index (κ3) is 3.88. The van der Waals surface area contributed by atoms with Crippen LogP contribution in [0.25, 0.3) is 0 Å². The second-order valence-electron chi connectivity index (χ2n) is 6.33. The van der Waals surface area contributed by atoms with Gasteiger partial charge in [-0.15, -0.1) is 0 Å². The molecule has 5 nitrogen and oxygen atoms in total. The summed E-state index contributed by atoms with van der Waals surface area (Å²) in [5.74, 6) is 0.982. The van der Waals surface area contributed by atoms with Crippen LogP contribution in [0, 0.1) is 20.8 Å². The summed E-state index contributed by atoms with van der Waals surface area (Å²) in [5, 5.41) is 2.94. The van der Waals surface area contributed by atoms with Crippen molar-refractivity contribution < 1.29 is 4.79 Å². The molecule has 1 heterocycles. The molecule has 5 heteroatoms. The summed E-state index contributed by atoms with van der Waals surface area (Å²) in [6, 6.07) is 17.5. The van der Waals surface area contributed by atoms with Crippen LogP contribution in [0.5, 0.6) is 0 Å². The summed E-state index contributed by atoms with van der Waals surface area (Å²) < 4.78 is 0. The average molecular weight is 346 g/mol. The fraction of sp³-hybridized carbons (Fsp3) is 0.190. The van der Waals surface area contributed by atoms with Gasteiger partial charge in [-0.3, -0.25) is 4.79 Å². The van der Waals surface area contributed by atoms with E-state index in [9.17, 15) is 4.79 Å². The molecule has 0 unspecified atom stereocenters. The molecule has 0 saturated heterocycles. The van der Waals surface area contributed by atoms with Gasteiger partial charge in [-0.05, 0) is 44.5 Å². The van der Waals surface area contributed by atoms with E-state index >= 15 is 0 Å². The molecule has 0 aliphatic rings. The van der Waals surface area contributed by atoms with Crippen LogP contribution >= 0.6 is 0 Å². The van der Waals surface area contributed by atoms with Crippen molar-refractivity contribution in [1.29, 1.82) is 0 Å². The number of para-hydroxylation sites is 1. The average Bonchev–Trinajstić information content (AvgIpc) is 2.63. The molecule has 0 aliphatic carbocycles. The van der Waals surface area contributed by atoms with Gasteiger partial charge in [0.05, 0.1) is 0 Å². The summed E-state index contributed by atoms with van der Waals surface area (Å²) in [6.07, 6.45) is 0. The first kappa shape index (κ1) is 17.6. The van der Waals surface area contributed by atoms with E-state index in [1.807, 2.05) is 74.3 Å². The van der Waals surface area contributed by atoms with Crippen molar-refractivity contribution in [3.63, 3.8) is 0 Å². The van der Waals surface area contributed by atoms with Gasteiger partial charge in [0.1, 0.15) is 17.3 Å². The summed E-state index contributed by atoms with van der Waals surface area (Å²) in [7, 11) is 1.92. The number of amides is 1. The zero-order valence-corrected chi connectivity index (χ0v) is 15.4. The van der Waals surface area contributed by atoms with Crippen LogP contribution in [0.1, 0.15) is 27.4 Å². The van der Waals surface area contributed by atoms with Crippen LogP contribution in [0.2, 0.25) is 0 Å². The van der Waals surface area contributed by atoms with Gasteiger partial charge in [-0.2, -0.15) is 0 Å². The number of hydrogen-bond donors (Lipinski definition) is 1. The van der Waals surface area contributed by atoms with E-state index in [0.29, 0.717) is 17.3 Å². The van der Waals surface area contributed by atoms with Gasteiger partial charge in [-0.25, -0.2) is 9.97 Å². The number of carbonyl (C=O) groups is 1. The Hall–Kier alpha value is -3.21. The zero-order valence-electron chi connectivity index (χ0n) is 15.4. The van der Waals surface area contributed by atoms with Crippen LogP contribution in [0.15, 0.2) is 54.6 Å². The molecule has 0 fully saturated rings. The monoisotopic (exact) mass is 346 g/mol. The lowest BCUT2D eigenvalue weighted by molar-refractivity contribution is 0.102. The number of aryl methyl sites for hydroxylation is 3. The first-order valence-corrected chi connectivity index (χ1v) is 8.47. The highest BCUT2D eigenvalue weighted by Crippen LogP contribution is 2.22. The lowest BCUT2D eigenvalue weighted by atomic mass is 10.1. The summed E-state index contributed by atoms with van der Waals surface area (Å²) in [6.45, 7) is 5.79. The van der Waals surface area contributed by atoms with Gasteiger partial charge < -0.3 is 10.2 Å². The van der Waals surface area contributed by atoms with Crippen molar-refractivity contribution in [3.05, 3.63) is 77.2 Å². The maximum Gasteiger partial charge on any atom is 0.274 e. The number of carbonyl (C=O) groups excluding carboxylic acids is 1. The van der Waals surface area contributed by atoms with Crippen LogP contribution in [-0.2, 0) is 0 Å². The fourth-order valence-corrected chi connectivity index (χ4v) is 2.76. The molecule has 3 rings (SSSR count). The minimum absolute atomic E-state index is 0.245. The molecular formula is C21H22N4O. The second kappa shape index (κ2) is 7.35. The van der Waals surface area contributed by atoms with E-state index in [2.05, 4.69) is 15.3 Å². The molecule has 2 aromatic carbocycles. The van der Waals surface area contributed by atoms with Crippen molar-refractivity contribution in [2.24, 2.45) is 0 Å². The van der Waals surface area contributed by atoms with Gasteiger partial charge >= 0.3 is 0 Å². The Kier molecular flexibility index (Phi) is 4.98. The highest BCUT2D eigenvalue weighted by molar-refractivity contribution is 6.03. The third-order valence-corrected chi connectivity index (χ3v) is 4.17. The number of anilines is 3. The van der Waals surface area contributed by atoms with E-state index in [-0.39, 0.29) is 5.91 Å². The number of rotatable bonds is 4. The second-order valence-corrected chi connectivity index (χ2v) is 6.33. The number of nitrogens with zero attached hydrogens (tertiary/aromatic N) is 3. The highest BCUT2D eigenvalue weighted by Gasteiger charge is 2.14. The van der Waals surface area contributed by atoms with Crippen molar-refractivity contribution in [2.45, 2.75) is 20.8 Å². The Bertz CT molecular complexity index is 938. The standard InChI is InChI=1S/C21H22N4O/c1-14-10-11-18(15(2)12-14)24-21(26)19-13-20(23-16(3)22-19)25(4)17-8-6-5-7-9-17/h5-13H,1-4H3,(H,24,26). The predicted octanol–water partition coefficient (Wildman–Crippen LogP) is 4.42. The molecule has 1 N–H and O–H groups in total. The van der Waals surface area contributed by atoms with E-state index < -0.39 is 0 Å². The Balaban J connectivity index is 1.88. The first-order valence-electron chi connectivity index (χ1n) is 8.47. The van der Waals surface area contributed by atoms with Gasteiger partial charge in [0, 0.05) is 24.5 Å². The largest absolute Gasteiger partial charge is 0.329 e. The van der Waals surface area contributed by atoms with E-state index in [0.717, 1.165) is 22.5 Å². The molecule has 1 aromatic heterocycles. The number of nitrogens with one attached hydrogen (secondary N) is 1. The van der Waals surface area contributed by atoms with Gasteiger partial charge in [0.15, 0.2) is 0 Å². The van der Waals surface area contributed by atoms with E-state index in [1.54, 1.807) is 13.0 Å². The smallest absolute Gasteiger partial charge is 0.274 e. The minimum Gasteiger partial charge on any atom is -0.329 e. The molecule has 1 amide bonds. The van der Waals surface area contributed by atoms with Crippen LogP contribution in [0.3, 0.4) is 0 Å². The summed E-state index contributed by atoms with van der Waals surface area (Å²) in [4.78, 5) is 23.4. The number of benzene rings is 2. The maximum absolute atomic E-state index is 12.7. The van der Waals surface area contributed by atoms with Gasteiger partial charge in [0.2, 0.25) is 0 Å². The lowest BCUT2D eigenvalue weighted by Gasteiger charge is -2.19. The molecule has 132 valence electrons. The normalized spacial score (nSPS) is 10.5. The molecule has 0 radical (unpaired) electrons. The molecule has 0 atom stereocenters. The predicted molar refractivity (Wildman–Crippen MR) is 105 cm³/mol. The maximum atomic E-state index is 12.7. The molecule has 26 heavy (non-hydrogen) atoms. The summed E-state index contributed by atoms with van der Waals surface area (Å²) >= 11 is 0. The molecule has 0 aliphatic heterocycles. The lowest BCUT2D eigenvalue weighted by Crippen LogP contribution is -2.18. The first-order chi connectivity index (χ1) is 12.4. The van der Waals surface area contributed by atoms with Crippen LogP contribution in [-0.4, -0.2) is 22.9 Å². The van der Waals surface area contributed by atoms with E-state index in [1.165, 1.54) is 0 Å². The summed E-state index contributed by atoms with van der Waals surface area (Å²) in [5.41, 5.74) is 4.30. The van der Waals surface area contributed by atoms with Crippen LogP contribution < -0.4 is 10.2 Å². The Morgan fingerprint density at radius 3 is 2.38 bits per heavy atom. The highest BCUT2D eigenvalue weighted by atomic mass is 16.1. The topological polar surface area (TPSA) is 58.1 Å². The minimum atomic E-state index is -0.245. The van der Waals surface area contributed by atoms with Gasteiger partial charge in [0.25, 0.3) is 5.91 Å². The Morgan fingerprint density at radius 1 is 0.962 bits per heavy atom. The molecule has 0 saturated carbocycles. The Morgan fingerprint density at radius 2 is 1.69 bits per heavy atom. The van der Waals surface area contributed by atoms with E-state index in [4.69, 9.17) is 0 Å². The third-order valence-electron chi connectivity index (χ3n) is 4.17. The SMILES string of the molecule is Cc1ccc(NC(=O)c2cc(N(C)c3ccccc3)nc(C)n2)c(C)c1. The van der Waals surface area contributed by atoms with Crippen molar-refractivity contribution in [2.75, 3.05) is 17.3 Å². The fourth-order valence-electron chi connectivity index (χ4n) is 2.76. The molecule has 3 aromatic rings. The zero-order chi connectivity index (χ0) is 18.7. The molecule has 0 spiro atoms.